The van der Waals surface area contributed by atoms with Crippen LogP contribution in [0, 0.1) is 0 Å². The minimum absolute atomic E-state index is 0.142. The Hall–Kier alpha value is -2.08. The lowest BCUT2D eigenvalue weighted by atomic mass is 10.1. The third kappa shape index (κ3) is 3.72. The van der Waals surface area contributed by atoms with Crippen LogP contribution in [0.4, 0.5) is 0 Å². The van der Waals surface area contributed by atoms with E-state index in [-0.39, 0.29) is 24.7 Å². The van der Waals surface area contributed by atoms with Gasteiger partial charge in [0, 0.05) is 13.0 Å². The first-order chi connectivity index (χ1) is 10.1. The summed E-state index contributed by atoms with van der Waals surface area (Å²) in [6.07, 6.45) is 0.655. The van der Waals surface area contributed by atoms with Crippen molar-refractivity contribution in [2.75, 3.05) is 26.9 Å². The molecule has 21 heavy (non-hydrogen) atoms. The van der Waals surface area contributed by atoms with E-state index in [0.29, 0.717) is 25.1 Å². The molecule has 1 N–H and O–H groups in total. The van der Waals surface area contributed by atoms with Crippen LogP contribution in [0.15, 0.2) is 24.3 Å². The number of methoxy groups -OCH3 is 1. The van der Waals surface area contributed by atoms with Crippen molar-refractivity contribution in [3.8, 4) is 5.75 Å². The van der Waals surface area contributed by atoms with Crippen LogP contribution in [0.25, 0.3) is 0 Å². The van der Waals surface area contributed by atoms with Crippen molar-refractivity contribution in [3.05, 3.63) is 29.8 Å². The zero-order valence-electron chi connectivity index (χ0n) is 11.9. The Labute approximate surface area is 123 Å². The van der Waals surface area contributed by atoms with Gasteiger partial charge >= 0.3 is 5.97 Å². The smallest absolute Gasteiger partial charge is 0.331 e. The number of phenolic OH excluding ortho intramolecular Hbond substituents is 1. The number of aromatic hydroxyl groups is 1. The van der Waals surface area contributed by atoms with Gasteiger partial charge in [0.05, 0.1) is 20.3 Å². The predicted molar refractivity (Wildman–Crippen MR) is 74.8 cm³/mol. The molecule has 0 bridgehead atoms. The van der Waals surface area contributed by atoms with Gasteiger partial charge in [-0.1, -0.05) is 18.2 Å². The van der Waals surface area contributed by atoms with Crippen LogP contribution in [-0.2, 0) is 25.5 Å². The van der Waals surface area contributed by atoms with Crippen LogP contribution >= 0.6 is 0 Å². The number of esters is 1. The van der Waals surface area contributed by atoms with Crippen LogP contribution in [0.1, 0.15) is 12.0 Å². The van der Waals surface area contributed by atoms with Crippen molar-refractivity contribution in [2.45, 2.75) is 18.9 Å². The fraction of sp³-hybridized carbons (Fsp3) is 0.467. The number of para-hydroxylation sites is 1. The maximum atomic E-state index is 12.3. The molecule has 1 amide bonds. The van der Waals surface area contributed by atoms with Gasteiger partial charge < -0.3 is 19.5 Å². The first kappa shape index (κ1) is 15.3. The molecule has 1 unspecified atom stereocenters. The van der Waals surface area contributed by atoms with Gasteiger partial charge in [-0.3, -0.25) is 4.79 Å². The molecular weight excluding hydrogens is 274 g/mol. The Morgan fingerprint density at radius 3 is 2.90 bits per heavy atom. The van der Waals surface area contributed by atoms with E-state index in [1.807, 2.05) is 6.07 Å². The summed E-state index contributed by atoms with van der Waals surface area (Å²) in [5.41, 5.74) is 0.716. The number of ether oxygens (including phenoxy) is 2. The number of nitrogens with zero attached hydrogens (tertiary/aromatic N) is 1. The van der Waals surface area contributed by atoms with Crippen molar-refractivity contribution in [1.29, 1.82) is 0 Å². The highest BCUT2D eigenvalue weighted by Crippen LogP contribution is 2.18. The van der Waals surface area contributed by atoms with Gasteiger partial charge in [0.15, 0.2) is 6.04 Å². The summed E-state index contributed by atoms with van der Waals surface area (Å²) in [6, 6.07) is 6.23. The van der Waals surface area contributed by atoms with Crippen molar-refractivity contribution >= 4 is 11.9 Å². The van der Waals surface area contributed by atoms with Crippen molar-refractivity contribution in [3.63, 3.8) is 0 Å². The van der Waals surface area contributed by atoms with Crippen LogP contribution in [0.5, 0.6) is 5.75 Å². The summed E-state index contributed by atoms with van der Waals surface area (Å²) in [6.45, 7) is 0.949. The van der Waals surface area contributed by atoms with Gasteiger partial charge in [-0.25, -0.2) is 4.79 Å². The van der Waals surface area contributed by atoms with Gasteiger partial charge in [0.1, 0.15) is 5.75 Å². The summed E-state index contributed by atoms with van der Waals surface area (Å²) >= 11 is 0. The number of hydrogen-bond acceptors (Lipinski definition) is 5. The third-order valence-electron chi connectivity index (χ3n) is 3.52. The molecule has 1 aliphatic rings. The molecular formula is C15H19NO5. The Kier molecular flexibility index (Phi) is 5.16. The number of hydrogen-bond donors (Lipinski definition) is 1. The molecule has 1 aliphatic heterocycles. The number of benzene rings is 1. The van der Waals surface area contributed by atoms with E-state index in [4.69, 9.17) is 9.47 Å². The van der Waals surface area contributed by atoms with Gasteiger partial charge in [0.25, 0.3) is 0 Å². The van der Waals surface area contributed by atoms with Gasteiger partial charge in [0.2, 0.25) is 5.91 Å². The first-order valence-corrected chi connectivity index (χ1v) is 6.85. The number of amides is 1. The molecule has 0 aliphatic carbocycles. The quantitative estimate of drug-likeness (QED) is 0.828. The second-order valence-electron chi connectivity index (χ2n) is 4.83. The standard InChI is InChI=1S/C15H19NO5/c1-20-15(19)12-10-21-9-8-16(12)14(18)7-6-11-4-2-3-5-13(11)17/h2-5,12,17H,6-10H2,1H3. The van der Waals surface area contributed by atoms with E-state index in [0.717, 1.165) is 0 Å². The van der Waals surface area contributed by atoms with E-state index < -0.39 is 12.0 Å². The molecule has 1 heterocycles. The number of carbonyl (C=O) groups excluding carboxylic acids is 2. The Bertz CT molecular complexity index is 517. The van der Waals surface area contributed by atoms with Gasteiger partial charge in [-0.15, -0.1) is 0 Å². The fourth-order valence-corrected chi connectivity index (χ4v) is 2.34. The number of morpholine rings is 1. The number of phenols is 1. The summed E-state index contributed by atoms with van der Waals surface area (Å²) in [4.78, 5) is 25.5. The number of carbonyl (C=O) groups is 2. The lowest BCUT2D eigenvalue weighted by Crippen LogP contribution is -2.53. The average molecular weight is 293 g/mol. The van der Waals surface area contributed by atoms with Gasteiger partial charge in [-0.2, -0.15) is 0 Å². The van der Waals surface area contributed by atoms with E-state index in [2.05, 4.69) is 0 Å². The van der Waals surface area contributed by atoms with E-state index in [1.165, 1.54) is 12.0 Å². The fourth-order valence-electron chi connectivity index (χ4n) is 2.34. The molecule has 0 spiro atoms. The zero-order chi connectivity index (χ0) is 15.2. The minimum Gasteiger partial charge on any atom is -0.508 e. The largest absolute Gasteiger partial charge is 0.508 e. The Balaban J connectivity index is 1.98. The molecule has 0 aromatic heterocycles. The van der Waals surface area contributed by atoms with E-state index >= 15 is 0 Å². The lowest BCUT2D eigenvalue weighted by Gasteiger charge is -2.33. The van der Waals surface area contributed by atoms with Crippen LogP contribution in [0.2, 0.25) is 0 Å². The lowest BCUT2D eigenvalue weighted by molar-refractivity contribution is -0.160. The molecule has 1 atom stereocenters. The van der Waals surface area contributed by atoms with E-state index in [1.54, 1.807) is 18.2 Å². The SMILES string of the molecule is COC(=O)C1COCCN1C(=O)CCc1ccccc1O. The maximum absolute atomic E-state index is 12.3. The minimum atomic E-state index is -0.680. The maximum Gasteiger partial charge on any atom is 0.331 e. The zero-order valence-corrected chi connectivity index (χ0v) is 11.9. The highest BCUT2D eigenvalue weighted by molar-refractivity contribution is 5.85. The second kappa shape index (κ2) is 7.08. The topological polar surface area (TPSA) is 76.1 Å². The van der Waals surface area contributed by atoms with Crippen molar-refractivity contribution in [1.82, 2.24) is 4.90 Å². The molecule has 1 fully saturated rings. The second-order valence-corrected chi connectivity index (χ2v) is 4.83. The summed E-state index contributed by atoms with van der Waals surface area (Å²) < 4.78 is 9.93. The molecule has 1 saturated heterocycles. The summed E-state index contributed by atoms with van der Waals surface area (Å²) in [7, 11) is 1.29. The van der Waals surface area contributed by atoms with Crippen molar-refractivity contribution in [2.24, 2.45) is 0 Å². The number of aryl methyl sites for hydroxylation is 1. The van der Waals surface area contributed by atoms with Crippen LogP contribution in [-0.4, -0.2) is 54.8 Å². The molecule has 6 heteroatoms. The Morgan fingerprint density at radius 2 is 2.19 bits per heavy atom. The molecule has 114 valence electrons. The first-order valence-electron chi connectivity index (χ1n) is 6.85. The van der Waals surface area contributed by atoms with E-state index in [9.17, 15) is 14.7 Å². The summed E-state index contributed by atoms with van der Waals surface area (Å²) in [5.74, 6) is -0.431. The molecule has 1 aromatic carbocycles. The Morgan fingerprint density at radius 1 is 1.43 bits per heavy atom. The number of rotatable bonds is 4. The average Bonchev–Trinajstić information content (AvgIpc) is 2.53. The highest BCUT2D eigenvalue weighted by atomic mass is 16.5. The predicted octanol–water partition coefficient (Wildman–Crippen LogP) is 0.725. The molecule has 0 radical (unpaired) electrons. The molecule has 1 aromatic rings. The van der Waals surface area contributed by atoms with Crippen LogP contribution < -0.4 is 0 Å². The molecule has 2 rings (SSSR count). The van der Waals surface area contributed by atoms with Crippen molar-refractivity contribution < 1.29 is 24.2 Å². The highest BCUT2D eigenvalue weighted by Gasteiger charge is 2.33. The van der Waals surface area contributed by atoms with Gasteiger partial charge in [-0.05, 0) is 18.1 Å². The monoisotopic (exact) mass is 293 g/mol. The normalized spacial score (nSPS) is 18.3. The molecule has 6 nitrogen and oxygen atoms in total. The third-order valence-corrected chi connectivity index (χ3v) is 3.52. The molecule has 0 saturated carbocycles. The summed E-state index contributed by atoms with van der Waals surface area (Å²) in [5, 5.41) is 9.69. The van der Waals surface area contributed by atoms with Crippen LogP contribution in [0.3, 0.4) is 0 Å².